The summed E-state index contributed by atoms with van der Waals surface area (Å²) in [5.74, 6) is -0.698. The number of nitrogens with zero attached hydrogens (tertiary/aromatic N) is 1. The van der Waals surface area contributed by atoms with Gasteiger partial charge in [-0.05, 0) is 0 Å². The Morgan fingerprint density at radius 2 is 1.77 bits per heavy atom. The molecule has 3 nitrogen and oxygen atoms in total. The number of carboxylic acid groups (broad SMARTS) is 1. The van der Waals surface area contributed by atoms with E-state index in [0.29, 0.717) is 0 Å². The van der Waals surface area contributed by atoms with Gasteiger partial charge in [-0.2, -0.15) is 4.57 Å². The van der Waals surface area contributed by atoms with E-state index in [1.54, 1.807) is 17.0 Å². The molecule has 0 bridgehead atoms. The molecular weight excluding hydrogens is 166 g/mol. The standard InChI is InChI=1S/C10H13NO2/c1-8(2)9(10(12)13)11-6-4-3-5-7-11/h3-9H,1-2H3/p+1. The van der Waals surface area contributed by atoms with Gasteiger partial charge < -0.3 is 5.11 Å². The van der Waals surface area contributed by atoms with Crippen molar-refractivity contribution in [2.45, 2.75) is 19.9 Å². The molecular formula is C10H14NO2+. The molecule has 0 aliphatic heterocycles. The van der Waals surface area contributed by atoms with Crippen molar-refractivity contribution in [1.29, 1.82) is 0 Å². The van der Waals surface area contributed by atoms with Gasteiger partial charge in [-0.25, -0.2) is 4.79 Å². The second-order valence-electron chi connectivity index (χ2n) is 3.35. The summed E-state index contributed by atoms with van der Waals surface area (Å²) < 4.78 is 1.72. The lowest BCUT2D eigenvalue weighted by atomic mass is 10.0. The number of carboxylic acids is 1. The van der Waals surface area contributed by atoms with E-state index in [4.69, 9.17) is 5.11 Å². The molecule has 1 rings (SSSR count). The molecule has 13 heavy (non-hydrogen) atoms. The summed E-state index contributed by atoms with van der Waals surface area (Å²) in [7, 11) is 0. The molecule has 0 aliphatic rings. The minimum atomic E-state index is -0.786. The lowest BCUT2D eigenvalue weighted by molar-refractivity contribution is -0.716. The van der Waals surface area contributed by atoms with E-state index in [0.717, 1.165) is 0 Å². The molecule has 0 saturated heterocycles. The minimum absolute atomic E-state index is 0.0879. The number of hydrogen-bond donors (Lipinski definition) is 1. The second kappa shape index (κ2) is 4.03. The van der Waals surface area contributed by atoms with Gasteiger partial charge in [-0.3, -0.25) is 0 Å². The Balaban J connectivity index is 2.96. The van der Waals surface area contributed by atoms with Crippen LogP contribution in [0.3, 0.4) is 0 Å². The van der Waals surface area contributed by atoms with Crippen LogP contribution in [0.2, 0.25) is 0 Å². The van der Waals surface area contributed by atoms with Crippen molar-refractivity contribution >= 4 is 5.97 Å². The highest BCUT2D eigenvalue weighted by atomic mass is 16.4. The van der Waals surface area contributed by atoms with Gasteiger partial charge in [-0.15, -0.1) is 0 Å². The molecule has 1 atom stereocenters. The van der Waals surface area contributed by atoms with Gasteiger partial charge in [0.25, 0.3) is 6.04 Å². The third kappa shape index (κ3) is 2.28. The highest BCUT2D eigenvalue weighted by Gasteiger charge is 2.29. The maximum absolute atomic E-state index is 10.9. The average molecular weight is 180 g/mol. The fourth-order valence-corrected chi connectivity index (χ4v) is 1.35. The Kier molecular flexibility index (Phi) is 3.01. The fraction of sp³-hybridized carbons (Fsp3) is 0.400. The highest BCUT2D eigenvalue weighted by Crippen LogP contribution is 2.09. The van der Waals surface area contributed by atoms with Crippen molar-refractivity contribution in [2.24, 2.45) is 5.92 Å². The zero-order valence-corrected chi connectivity index (χ0v) is 7.84. The van der Waals surface area contributed by atoms with Crippen molar-refractivity contribution < 1.29 is 14.5 Å². The molecule has 3 heteroatoms. The van der Waals surface area contributed by atoms with Crippen molar-refractivity contribution in [3.63, 3.8) is 0 Å². The number of hydrogen-bond acceptors (Lipinski definition) is 1. The van der Waals surface area contributed by atoms with Crippen LogP contribution in [0.5, 0.6) is 0 Å². The molecule has 1 heterocycles. The van der Waals surface area contributed by atoms with E-state index in [1.807, 2.05) is 32.0 Å². The third-order valence-corrected chi connectivity index (χ3v) is 1.94. The van der Waals surface area contributed by atoms with E-state index in [-0.39, 0.29) is 5.92 Å². The Morgan fingerprint density at radius 1 is 1.23 bits per heavy atom. The van der Waals surface area contributed by atoms with E-state index >= 15 is 0 Å². The van der Waals surface area contributed by atoms with Crippen LogP contribution in [0.1, 0.15) is 19.9 Å². The molecule has 0 amide bonds. The van der Waals surface area contributed by atoms with Crippen LogP contribution < -0.4 is 4.57 Å². The molecule has 0 fully saturated rings. The molecule has 1 aromatic rings. The largest absolute Gasteiger partial charge is 0.476 e. The van der Waals surface area contributed by atoms with E-state index in [9.17, 15) is 4.79 Å². The van der Waals surface area contributed by atoms with Gasteiger partial charge in [0.05, 0.1) is 0 Å². The molecule has 0 saturated carbocycles. The zero-order chi connectivity index (χ0) is 9.84. The highest BCUT2D eigenvalue weighted by molar-refractivity contribution is 5.70. The molecule has 0 aliphatic carbocycles. The summed E-state index contributed by atoms with van der Waals surface area (Å²) in [5.41, 5.74) is 0. The Morgan fingerprint density at radius 3 is 2.15 bits per heavy atom. The first-order valence-electron chi connectivity index (χ1n) is 4.31. The van der Waals surface area contributed by atoms with E-state index in [2.05, 4.69) is 0 Å². The predicted molar refractivity (Wildman–Crippen MR) is 48.1 cm³/mol. The lowest BCUT2D eigenvalue weighted by Crippen LogP contribution is -2.46. The Labute approximate surface area is 77.6 Å². The zero-order valence-electron chi connectivity index (χ0n) is 7.84. The topological polar surface area (TPSA) is 41.2 Å². The summed E-state index contributed by atoms with van der Waals surface area (Å²) in [6.07, 6.45) is 3.55. The molecule has 0 spiro atoms. The van der Waals surface area contributed by atoms with Gasteiger partial charge in [0.15, 0.2) is 12.4 Å². The summed E-state index contributed by atoms with van der Waals surface area (Å²) in [6, 6.07) is 5.06. The normalized spacial score (nSPS) is 12.8. The number of pyridine rings is 1. The van der Waals surface area contributed by atoms with Crippen molar-refractivity contribution in [1.82, 2.24) is 0 Å². The van der Waals surface area contributed by atoms with Crippen LogP contribution in [-0.4, -0.2) is 11.1 Å². The quantitative estimate of drug-likeness (QED) is 0.711. The Hall–Kier alpha value is -1.38. The van der Waals surface area contributed by atoms with E-state index in [1.165, 1.54) is 0 Å². The van der Waals surface area contributed by atoms with Crippen molar-refractivity contribution in [3.05, 3.63) is 30.6 Å². The summed E-state index contributed by atoms with van der Waals surface area (Å²) in [5, 5.41) is 8.98. The molecule has 1 N–H and O–H groups in total. The van der Waals surface area contributed by atoms with Crippen LogP contribution >= 0.6 is 0 Å². The average Bonchev–Trinajstić information content (AvgIpc) is 2.04. The SMILES string of the molecule is CC(C)C(C(=O)O)[n+]1ccccc1. The van der Waals surface area contributed by atoms with Crippen LogP contribution in [0.4, 0.5) is 0 Å². The number of rotatable bonds is 3. The maximum atomic E-state index is 10.9. The number of carbonyl (C=O) groups is 1. The summed E-state index contributed by atoms with van der Waals surface area (Å²) in [4.78, 5) is 10.9. The van der Waals surface area contributed by atoms with Gasteiger partial charge >= 0.3 is 5.97 Å². The first-order valence-corrected chi connectivity index (χ1v) is 4.31. The monoisotopic (exact) mass is 180 g/mol. The Bertz CT molecular complexity index is 282. The van der Waals surface area contributed by atoms with Gasteiger partial charge in [0, 0.05) is 18.1 Å². The third-order valence-electron chi connectivity index (χ3n) is 1.94. The van der Waals surface area contributed by atoms with Crippen LogP contribution in [0, 0.1) is 5.92 Å². The van der Waals surface area contributed by atoms with Gasteiger partial charge in [0.2, 0.25) is 0 Å². The van der Waals surface area contributed by atoms with Crippen molar-refractivity contribution in [3.8, 4) is 0 Å². The molecule has 1 aromatic heterocycles. The number of aliphatic carboxylic acids is 1. The second-order valence-corrected chi connectivity index (χ2v) is 3.35. The van der Waals surface area contributed by atoms with Gasteiger partial charge in [-0.1, -0.05) is 19.9 Å². The van der Waals surface area contributed by atoms with Crippen molar-refractivity contribution in [2.75, 3.05) is 0 Å². The lowest BCUT2D eigenvalue weighted by Gasteiger charge is -2.10. The molecule has 70 valence electrons. The van der Waals surface area contributed by atoms with Gasteiger partial charge in [0.1, 0.15) is 0 Å². The predicted octanol–water partition coefficient (Wildman–Crippen LogP) is 1.26. The van der Waals surface area contributed by atoms with E-state index < -0.39 is 12.0 Å². The molecule has 0 aromatic carbocycles. The molecule has 1 unspecified atom stereocenters. The first-order chi connectivity index (χ1) is 6.13. The smallest absolute Gasteiger partial charge is 0.373 e. The maximum Gasteiger partial charge on any atom is 0.373 e. The van der Waals surface area contributed by atoms with Crippen LogP contribution in [-0.2, 0) is 4.79 Å². The number of aromatic nitrogens is 1. The summed E-state index contributed by atoms with van der Waals surface area (Å²) >= 11 is 0. The fourth-order valence-electron chi connectivity index (χ4n) is 1.35. The minimum Gasteiger partial charge on any atom is -0.476 e. The molecule has 0 radical (unpaired) electrons. The van der Waals surface area contributed by atoms with Crippen LogP contribution in [0.15, 0.2) is 30.6 Å². The van der Waals surface area contributed by atoms with Crippen LogP contribution in [0.25, 0.3) is 0 Å². The first kappa shape index (κ1) is 9.71. The summed E-state index contributed by atoms with van der Waals surface area (Å²) in [6.45, 7) is 3.80.